The fourth-order valence-electron chi connectivity index (χ4n) is 1.55. The summed E-state index contributed by atoms with van der Waals surface area (Å²) in [6.45, 7) is 0.728. The summed E-state index contributed by atoms with van der Waals surface area (Å²) in [5.74, 6) is -3.50. The van der Waals surface area contributed by atoms with Crippen LogP contribution in [0.5, 0.6) is 5.75 Å². The van der Waals surface area contributed by atoms with E-state index >= 15 is 0 Å². The highest BCUT2D eigenvalue weighted by Gasteiger charge is 2.34. The Morgan fingerprint density at radius 1 is 1.38 bits per heavy atom. The van der Waals surface area contributed by atoms with Gasteiger partial charge in [0.05, 0.1) is 12.7 Å². The standard InChI is InChI=1S/C13H14F3NO4/c1-7(12(19)20)11(18)17-6-8-3-4-9(21-2)5-10(8)13(14,15)16/h3-5,7H,6H2,1-2H3,(H,17,18)(H,19,20). The highest BCUT2D eigenvalue weighted by Crippen LogP contribution is 2.34. The number of nitrogens with one attached hydrogen (secondary N) is 1. The molecule has 0 aliphatic carbocycles. The van der Waals surface area contributed by atoms with Crippen LogP contribution >= 0.6 is 0 Å². The second-order valence-corrected chi connectivity index (χ2v) is 4.30. The molecule has 0 bridgehead atoms. The lowest BCUT2D eigenvalue weighted by atomic mass is 10.1. The van der Waals surface area contributed by atoms with Gasteiger partial charge in [0.1, 0.15) is 11.7 Å². The number of methoxy groups -OCH3 is 1. The van der Waals surface area contributed by atoms with Gasteiger partial charge in [-0.2, -0.15) is 13.2 Å². The summed E-state index contributed by atoms with van der Waals surface area (Å²) < 4.78 is 43.5. The molecule has 0 heterocycles. The largest absolute Gasteiger partial charge is 0.497 e. The summed E-state index contributed by atoms with van der Waals surface area (Å²) in [6.07, 6.45) is -4.60. The van der Waals surface area contributed by atoms with Crippen molar-refractivity contribution in [2.24, 2.45) is 5.92 Å². The Labute approximate surface area is 118 Å². The first-order valence-corrected chi connectivity index (χ1v) is 5.91. The Kier molecular flexibility index (Phi) is 5.17. The van der Waals surface area contributed by atoms with E-state index in [-0.39, 0.29) is 11.3 Å². The first kappa shape index (κ1) is 16.8. The molecule has 5 nitrogen and oxygen atoms in total. The monoisotopic (exact) mass is 305 g/mol. The van der Waals surface area contributed by atoms with Gasteiger partial charge in [-0.3, -0.25) is 9.59 Å². The third-order valence-corrected chi connectivity index (χ3v) is 2.84. The van der Waals surface area contributed by atoms with E-state index in [4.69, 9.17) is 9.84 Å². The number of carboxylic acids is 1. The van der Waals surface area contributed by atoms with Crippen LogP contribution in [0.25, 0.3) is 0 Å². The van der Waals surface area contributed by atoms with Gasteiger partial charge in [0.25, 0.3) is 0 Å². The zero-order chi connectivity index (χ0) is 16.2. The molecule has 0 aromatic heterocycles. The second-order valence-electron chi connectivity index (χ2n) is 4.30. The zero-order valence-electron chi connectivity index (χ0n) is 11.3. The zero-order valence-corrected chi connectivity index (χ0v) is 11.3. The molecule has 1 atom stereocenters. The maximum atomic E-state index is 12.9. The lowest BCUT2D eigenvalue weighted by Crippen LogP contribution is -2.33. The van der Waals surface area contributed by atoms with Crippen molar-refractivity contribution in [1.82, 2.24) is 5.32 Å². The molecule has 0 saturated heterocycles. The molecular formula is C13H14F3NO4. The molecule has 0 saturated carbocycles. The van der Waals surface area contributed by atoms with Crippen molar-refractivity contribution < 1.29 is 32.6 Å². The van der Waals surface area contributed by atoms with Gasteiger partial charge in [-0.05, 0) is 24.6 Å². The Balaban J connectivity index is 2.93. The molecule has 8 heteroatoms. The number of aliphatic carboxylic acids is 1. The topological polar surface area (TPSA) is 75.6 Å². The molecule has 0 fully saturated rings. The van der Waals surface area contributed by atoms with E-state index in [1.165, 1.54) is 19.2 Å². The predicted octanol–water partition coefficient (Wildman–Crippen LogP) is 2.05. The average Bonchev–Trinajstić information content (AvgIpc) is 2.42. The van der Waals surface area contributed by atoms with E-state index in [1.54, 1.807) is 0 Å². The number of carbonyl (C=O) groups excluding carboxylic acids is 1. The summed E-state index contributed by atoms with van der Waals surface area (Å²) in [5.41, 5.74) is -1.11. The first-order chi connectivity index (χ1) is 9.66. The van der Waals surface area contributed by atoms with E-state index in [9.17, 15) is 22.8 Å². The number of hydrogen-bond acceptors (Lipinski definition) is 3. The molecule has 0 aliphatic rings. The molecule has 21 heavy (non-hydrogen) atoms. The number of hydrogen-bond donors (Lipinski definition) is 2. The van der Waals surface area contributed by atoms with Gasteiger partial charge >= 0.3 is 12.1 Å². The maximum Gasteiger partial charge on any atom is 0.416 e. The highest BCUT2D eigenvalue weighted by molar-refractivity contribution is 5.96. The molecule has 0 radical (unpaired) electrons. The lowest BCUT2D eigenvalue weighted by Gasteiger charge is -2.15. The van der Waals surface area contributed by atoms with Gasteiger partial charge in [0.2, 0.25) is 5.91 Å². The number of alkyl halides is 3. The van der Waals surface area contributed by atoms with Crippen LogP contribution in [0.3, 0.4) is 0 Å². The van der Waals surface area contributed by atoms with Gasteiger partial charge in [0, 0.05) is 6.54 Å². The fourth-order valence-corrected chi connectivity index (χ4v) is 1.55. The van der Waals surface area contributed by atoms with E-state index in [0.717, 1.165) is 13.0 Å². The van der Waals surface area contributed by atoms with Gasteiger partial charge in [-0.1, -0.05) is 6.07 Å². The number of rotatable bonds is 5. The molecule has 1 rings (SSSR count). The van der Waals surface area contributed by atoms with E-state index < -0.39 is 36.1 Å². The Hall–Kier alpha value is -2.25. The minimum Gasteiger partial charge on any atom is -0.497 e. The summed E-state index contributed by atoms with van der Waals surface area (Å²) in [5, 5.41) is 10.8. The molecule has 0 aliphatic heterocycles. The number of carbonyl (C=O) groups is 2. The fraction of sp³-hybridized carbons (Fsp3) is 0.385. The summed E-state index contributed by atoms with van der Waals surface area (Å²) in [4.78, 5) is 22.0. The van der Waals surface area contributed by atoms with Crippen LogP contribution in [-0.2, 0) is 22.3 Å². The molecule has 0 spiro atoms. The Bertz CT molecular complexity index is 543. The van der Waals surface area contributed by atoms with Crippen molar-refractivity contribution >= 4 is 11.9 Å². The maximum absolute atomic E-state index is 12.9. The number of carboxylic acid groups (broad SMARTS) is 1. The molecule has 1 amide bonds. The van der Waals surface area contributed by atoms with Crippen molar-refractivity contribution in [1.29, 1.82) is 0 Å². The van der Waals surface area contributed by atoms with Crippen LogP contribution in [0.1, 0.15) is 18.1 Å². The van der Waals surface area contributed by atoms with E-state index in [2.05, 4.69) is 5.32 Å². The highest BCUT2D eigenvalue weighted by atomic mass is 19.4. The van der Waals surface area contributed by atoms with Gasteiger partial charge < -0.3 is 15.2 Å². The SMILES string of the molecule is COc1ccc(CNC(=O)C(C)C(=O)O)c(C(F)(F)F)c1. The van der Waals surface area contributed by atoms with Crippen LogP contribution in [-0.4, -0.2) is 24.1 Å². The minimum atomic E-state index is -4.60. The summed E-state index contributed by atoms with van der Waals surface area (Å²) >= 11 is 0. The minimum absolute atomic E-state index is 0.0382. The number of ether oxygens (including phenoxy) is 1. The number of halogens is 3. The molecule has 1 aromatic rings. The number of amides is 1. The smallest absolute Gasteiger partial charge is 0.416 e. The third-order valence-electron chi connectivity index (χ3n) is 2.84. The average molecular weight is 305 g/mol. The molecule has 1 unspecified atom stereocenters. The predicted molar refractivity (Wildman–Crippen MR) is 66.6 cm³/mol. The van der Waals surface area contributed by atoms with Crippen molar-refractivity contribution in [3.05, 3.63) is 29.3 Å². The number of benzene rings is 1. The van der Waals surface area contributed by atoms with Crippen LogP contribution in [0, 0.1) is 5.92 Å². The Morgan fingerprint density at radius 2 is 2.00 bits per heavy atom. The second kappa shape index (κ2) is 6.47. The van der Waals surface area contributed by atoms with Crippen molar-refractivity contribution in [3.8, 4) is 5.75 Å². The van der Waals surface area contributed by atoms with Crippen LogP contribution in [0.15, 0.2) is 18.2 Å². The quantitative estimate of drug-likeness (QED) is 0.816. The van der Waals surface area contributed by atoms with Crippen LogP contribution in [0.4, 0.5) is 13.2 Å². The van der Waals surface area contributed by atoms with Gasteiger partial charge in [-0.15, -0.1) is 0 Å². The normalized spacial score (nSPS) is 12.6. The summed E-state index contributed by atoms with van der Waals surface area (Å²) in [7, 11) is 1.24. The molecule has 116 valence electrons. The van der Waals surface area contributed by atoms with Crippen molar-refractivity contribution in [2.75, 3.05) is 7.11 Å². The Morgan fingerprint density at radius 3 is 2.48 bits per heavy atom. The molecule has 2 N–H and O–H groups in total. The molecular weight excluding hydrogens is 291 g/mol. The lowest BCUT2D eigenvalue weighted by molar-refractivity contribution is -0.146. The summed E-state index contributed by atoms with van der Waals surface area (Å²) in [6, 6.07) is 3.33. The molecule has 1 aromatic carbocycles. The van der Waals surface area contributed by atoms with Crippen LogP contribution < -0.4 is 10.1 Å². The third kappa shape index (κ3) is 4.37. The van der Waals surface area contributed by atoms with Crippen LogP contribution in [0.2, 0.25) is 0 Å². The van der Waals surface area contributed by atoms with Gasteiger partial charge in [0.15, 0.2) is 0 Å². The van der Waals surface area contributed by atoms with Gasteiger partial charge in [-0.25, -0.2) is 0 Å². The van der Waals surface area contributed by atoms with Crippen molar-refractivity contribution in [3.63, 3.8) is 0 Å². The first-order valence-electron chi connectivity index (χ1n) is 5.91. The van der Waals surface area contributed by atoms with Crippen molar-refractivity contribution in [2.45, 2.75) is 19.6 Å². The van der Waals surface area contributed by atoms with E-state index in [0.29, 0.717) is 0 Å². The van der Waals surface area contributed by atoms with E-state index in [1.807, 2.05) is 0 Å².